The molecule has 9 heteroatoms. The van der Waals surface area contributed by atoms with Gasteiger partial charge in [-0.05, 0) is 54.9 Å². The minimum Gasteiger partial charge on any atom is -0.508 e. The summed E-state index contributed by atoms with van der Waals surface area (Å²) >= 11 is 5.06. The highest BCUT2D eigenvalue weighted by Gasteiger charge is 2.33. The zero-order chi connectivity index (χ0) is 22.2. The number of nitrogens with zero attached hydrogens (tertiary/aromatic N) is 3. The van der Waals surface area contributed by atoms with Gasteiger partial charge >= 0.3 is 0 Å². The minimum absolute atomic E-state index is 0.0890. The van der Waals surface area contributed by atoms with Crippen LogP contribution in [0, 0.1) is 0 Å². The Morgan fingerprint density at radius 1 is 1.19 bits per heavy atom. The van der Waals surface area contributed by atoms with Crippen LogP contribution in [0.5, 0.6) is 5.75 Å². The van der Waals surface area contributed by atoms with Crippen LogP contribution in [0.25, 0.3) is 0 Å². The molecular formula is C23H22BrN5O2S. The Morgan fingerprint density at radius 3 is 2.78 bits per heavy atom. The molecule has 0 radical (unpaired) electrons. The third-order valence-electron chi connectivity index (χ3n) is 5.77. The number of rotatable bonds is 4. The van der Waals surface area contributed by atoms with Gasteiger partial charge in [0, 0.05) is 28.0 Å². The number of aromatic hydroxyl groups is 1. The van der Waals surface area contributed by atoms with Crippen molar-refractivity contribution in [1.29, 1.82) is 0 Å². The molecule has 2 aromatic carbocycles. The number of phenolic OH excluding ortho intramolecular Hbond substituents is 1. The van der Waals surface area contributed by atoms with Gasteiger partial charge in [-0.2, -0.15) is 10.2 Å². The molecule has 3 N–H and O–H groups in total. The molecule has 32 heavy (non-hydrogen) atoms. The lowest BCUT2D eigenvalue weighted by Gasteiger charge is -2.28. The summed E-state index contributed by atoms with van der Waals surface area (Å²) < 4.78 is 0.922. The molecule has 0 bridgehead atoms. The summed E-state index contributed by atoms with van der Waals surface area (Å²) in [5.41, 5.74) is 3.76. The Balaban J connectivity index is 1.42. The predicted octanol–water partition coefficient (Wildman–Crippen LogP) is 5.86. The number of phenols is 1. The molecular weight excluding hydrogens is 490 g/mol. The van der Waals surface area contributed by atoms with E-state index in [2.05, 4.69) is 48.6 Å². The van der Waals surface area contributed by atoms with E-state index in [1.807, 2.05) is 24.3 Å². The van der Waals surface area contributed by atoms with Crippen LogP contribution in [0.3, 0.4) is 0 Å². The minimum atomic E-state index is -0.543. The first-order valence-electron chi connectivity index (χ1n) is 10.5. The Bertz CT molecular complexity index is 1230. The number of nitrogens with one attached hydrogen (secondary N) is 2. The van der Waals surface area contributed by atoms with E-state index in [9.17, 15) is 9.90 Å². The van der Waals surface area contributed by atoms with Gasteiger partial charge in [-0.3, -0.25) is 9.69 Å². The van der Waals surface area contributed by atoms with Gasteiger partial charge in [0.2, 0.25) is 0 Å². The molecule has 0 aliphatic carbocycles. The fraction of sp³-hybridized carbons (Fsp3) is 0.261. The molecule has 1 aromatic heterocycles. The molecule has 5 rings (SSSR count). The van der Waals surface area contributed by atoms with Gasteiger partial charge in [0.25, 0.3) is 5.91 Å². The van der Waals surface area contributed by atoms with Crippen LogP contribution in [0.2, 0.25) is 0 Å². The first kappa shape index (κ1) is 21.1. The fourth-order valence-corrected chi connectivity index (χ4v) is 5.79. The molecule has 2 aliphatic heterocycles. The second-order valence-electron chi connectivity index (χ2n) is 7.80. The number of carbonyl (C=O) groups is 1. The number of amides is 1. The molecule has 2 aliphatic rings. The largest absolute Gasteiger partial charge is 0.508 e. The third kappa shape index (κ3) is 4.03. The highest BCUT2D eigenvalue weighted by atomic mass is 79.9. The molecule has 0 saturated carbocycles. The average molecular weight is 512 g/mol. The predicted molar refractivity (Wildman–Crippen MR) is 129 cm³/mol. The van der Waals surface area contributed by atoms with Gasteiger partial charge in [-0.1, -0.05) is 28.9 Å². The second kappa shape index (κ2) is 8.65. The first-order chi connectivity index (χ1) is 15.5. The summed E-state index contributed by atoms with van der Waals surface area (Å²) in [7, 11) is 0. The van der Waals surface area contributed by atoms with Gasteiger partial charge in [-0.25, -0.2) is 0 Å². The molecule has 3 aromatic rings. The van der Waals surface area contributed by atoms with Gasteiger partial charge < -0.3 is 15.7 Å². The van der Waals surface area contributed by atoms with Crippen LogP contribution in [0.4, 0.5) is 16.4 Å². The number of likely N-dealkylation sites (N-methyl/N-ethyl adjacent to an activating group) is 1. The van der Waals surface area contributed by atoms with Gasteiger partial charge in [0.15, 0.2) is 0 Å². The summed E-state index contributed by atoms with van der Waals surface area (Å²) in [5.74, 6) is -0.0158. The zero-order valence-corrected chi connectivity index (χ0v) is 19.8. The number of anilines is 1. The lowest BCUT2D eigenvalue weighted by molar-refractivity contribution is 0.0934. The number of carbonyl (C=O) groups excluding carboxylic acids is 1. The van der Waals surface area contributed by atoms with E-state index in [0.29, 0.717) is 16.9 Å². The van der Waals surface area contributed by atoms with E-state index >= 15 is 0 Å². The zero-order valence-electron chi connectivity index (χ0n) is 17.4. The van der Waals surface area contributed by atoms with Crippen molar-refractivity contribution in [1.82, 2.24) is 10.2 Å². The highest BCUT2D eigenvalue weighted by molar-refractivity contribution is 9.10. The maximum absolute atomic E-state index is 13.0. The fourth-order valence-electron chi connectivity index (χ4n) is 4.08. The third-order valence-corrected chi connectivity index (χ3v) is 7.41. The van der Waals surface area contributed by atoms with E-state index in [-0.39, 0.29) is 11.7 Å². The van der Waals surface area contributed by atoms with Crippen molar-refractivity contribution in [2.24, 2.45) is 10.2 Å². The van der Waals surface area contributed by atoms with E-state index in [0.717, 1.165) is 46.7 Å². The van der Waals surface area contributed by atoms with E-state index in [1.165, 1.54) is 4.88 Å². The van der Waals surface area contributed by atoms with Crippen LogP contribution in [-0.4, -0.2) is 29.0 Å². The normalized spacial score (nSPS) is 18.2. The maximum Gasteiger partial charge on any atom is 0.256 e. The van der Waals surface area contributed by atoms with Crippen LogP contribution in [0.1, 0.15) is 39.5 Å². The summed E-state index contributed by atoms with van der Waals surface area (Å²) in [6, 6.07) is 12.6. The summed E-state index contributed by atoms with van der Waals surface area (Å²) in [4.78, 5) is 16.6. The lowest BCUT2D eigenvalue weighted by Crippen LogP contribution is -2.38. The van der Waals surface area contributed by atoms with Gasteiger partial charge in [0.05, 0.1) is 16.9 Å². The first-order valence-corrected chi connectivity index (χ1v) is 12.1. The number of azo groups is 1. The standard InChI is InChI=1S/C23H22BrN5O2S/c1-2-29-9-8-16-19(12-29)32-23-20(16)22(31)25-21(26-23)17-11-15(6-7-18(17)30)28-27-14-5-3-4-13(24)10-14/h3-7,10-11,21,26,30H,2,8-9,12H2,1H3,(H,25,31). The van der Waals surface area contributed by atoms with Crippen molar-refractivity contribution in [3.8, 4) is 5.75 Å². The van der Waals surface area contributed by atoms with Crippen molar-refractivity contribution in [2.45, 2.75) is 26.1 Å². The number of hydrogen-bond donors (Lipinski definition) is 3. The Morgan fingerprint density at radius 2 is 2.00 bits per heavy atom. The van der Waals surface area contributed by atoms with E-state index in [1.54, 1.807) is 29.5 Å². The molecule has 3 heterocycles. The smallest absolute Gasteiger partial charge is 0.256 e. The molecule has 0 fully saturated rings. The Labute approximate surface area is 198 Å². The van der Waals surface area contributed by atoms with E-state index in [4.69, 9.17) is 0 Å². The second-order valence-corrected chi connectivity index (χ2v) is 9.82. The van der Waals surface area contributed by atoms with Crippen molar-refractivity contribution in [2.75, 3.05) is 18.4 Å². The average Bonchev–Trinajstić information content (AvgIpc) is 3.16. The maximum atomic E-state index is 13.0. The highest BCUT2D eigenvalue weighted by Crippen LogP contribution is 2.42. The number of hydrogen-bond acceptors (Lipinski definition) is 7. The summed E-state index contributed by atoms with van der Waals surface area (Å²) in [6.07, 6.45) is 0.337. The SMILES string of the molecule is CCN1CCc2c(sc3c2C(=O)NC(c2cc(N=Nc4cccc(Br)c4)ccc2O)N3)C1. The monoisotopic (exact) mass is 511 g/mol. The van der Waals surface area contributed by atoms with Crippen molar-refractivity contribution < 1.29 is 9.90 Å². The lowest BCUT2D eigenvalue weighted by atomic mass is 10.00. The van der Waals surface area contributed by atoms with Crippen LogP contribution >= 0.6 is 27.3 Å². The number of fused-ring (bicyclic) bond motifs is 3. The van der Waals surface area contributed by atoms with Crippen molar-refractivity contribution in [3.05, 3.63) is 68.5 Å². The quantitative estimate of drug-likeness (QED) is 0.382. The van der Waals surface area contributed by atoms with Crippen LogP contribution < -0.4 is 10.6 Å². The van der Waals surface area contributed by atoms with Crippen molar-refractivity contribution >= 4 is 49.5 Å². The number of thiophene rings is 1. The summed E-state index contributed by atoms with van der Waals surface area (Å²) in [6.45, 7) is 5.00. The molecule has 0 saturated heterocycles. The van der Waals surface area contributed by atoms with Gasteiger partial charge in [-0.15, -0.1) is 11.3 Å². The Hall–Kier alpha value is -2.75. The molecule has 7 nitrogen and oxygen atoms in total. The molecule has 1 amide bonds. The number of benzene rings is 2. The van der Waals surface area contributed by atoms with Crippen molar-refractivity contribution in [3.63, 3.8) is 0 Å². The van der Waals surface area contributed by atoms with Crippen LogP contribution in [0.15, 0.2) is 57.2 Å². The topological polar surface area (TPSA) is 89.3 Å². The molecule has 1 atom stereocenters. The number of halogens is 1. The van der Waals surface area contributed by atoms with Gasteiger partial charge in [0.1, 0.15) is 16.9 Å². The van der Waals surface area contributed by atoms with E-state index < -0.39 is 6.17 Å². The Kier molecular flexibility index (Phi) is 5.71. The summed E-state index contributed by atoms with van der Waals surface area (Å²) in [5, 5.41) is 26.3. The van der Waals surface area contributed by atoms with Crippen LogP contribution in [-0.2, 0) is 13.0 Å². The molecule has 0 spiro atoms. The molecule has 164 valence electrons. The molecule has 1 unspecified atom stereocenters.